The van der Waals surface area contributed by atoms with E-state index < -0.39 is 0 Å². The third-order valence-corrected chi connectivity index (χ3v) is 4.94. The predicted molar refractivity (Wildman–Crippen MR) is 107 cm³/mol. The molecule has 1 aromatic carbocycles. The number of hydrogen-bond donors (Lipinski definition) is 1. The molecule has 0 aliphatic rings. The smallest absolute Gasteiger partial charge is 0.274 e. The Bertz CT molecular complexity index is 1130. The molecule has 0 aliphatic carbocycles. The van der Waals surface area contributed by atoms with Gasteiger partial charge in [0.1, 0.15) is 11.4 Å². The summed E-state index contributed by atoms with van der Waals surface area (Å²) in [5.74, 6) is 0.318. The zero-order chi connectivity index (χ0) is 19.0. The average molecular weight is 378 g/mol. The maximum Gasteiger partial charge on any atom is 0.274 e. The largest absolute Gasteiger partial charge is 0.495 e. The van der Waals surface area contributed by atoms with Gasteiger partial charge in [0, 0.05) is 22.7 Å². The van der Waals surface area contributed by atoms with Crippen LogP contribution in [0.1, 0.15) is 21.7 Å². The minimum absolute atomic E-state index is 0.289. The van der Waals surface area contributed by atoms with Crippen LogP contribution < -0.4 is 10.1 Å². The molecule has 4 rings (SSSR count). The van der Waals surface area contributed by atoms with Gasteiger partial charge in [0.15, 0.2) is 5.65 Å². The Morgan fingerprint density at radius 3 is 2.78 bits per heavy atom. The molecule has 27 heavy (non-hydrogen) atoms. The summed E-state index contributed by atoms with van der Waals surface area (Å²) in [6, 6.07) is 11.3. The van der Waals surface area contributed by atoms with Gasteiger partial charge in [0.25, 0.3) is 5.91 Å². The summed E-state index contributed by atoms with van der Waals surface area (Å²) in [5, 5.41) is 11.5. The van der Waals surface area contributed by atoms with Crippen molar-refractivity contribution in [2.75, 3.05) is 12.4 Å². The number of carbonyl (C=O) groups is 1. The van der Waals surface area contributed by atoms with E-state index in [0.29, 0.717) is 22.8 Å². The first kappa shape index (κ1) is 17.2. The molecule has 0 atom stereocenters. The van der Waals surface area contributed by atoms with Crippen LogP contribution in [0.2, 0.25) is 0 Å². The lowest BCUT2D eigenvalue weighted by molar-refractivity contribution is 0.102. The van der Waals surface area contributed by atoms with E-state index in [1.807, 2.05) is 54.9 Å². The van der Waals surface area contributed by atoms with Crippen molar-refractivity contribution in [3.8, 4) is 17.0 Å². The highest BCUT2D eigenvalue weighted by molar-refractivity contribution is 7.08. The Labute approximate surface area is 160 Å². The molecule has 4 aromatic rings. The molecule has 0 fully saturated rings. The molecule has 0 spiro atoms. The van der Waals surface area contributed by atoms with Crippen LogP contribution in [-0.2, 0) is 0 Å². The van der Waals surface area contributed by atoms with Crippen molar-refractivity contribution in [1.29, 1.82) is 0 Å². The molecule has 136 valence electrons. The Kier molecular flexibility index (Phi) is 4.37. The Balaban J connectivity index is 1.69. The highest BCUT2D eigenvalue weighted by atomic mass is 32.1. The Morgan fingerprint density at radius 1 is 1.19 bits per heavy atom. The molecule has 0 radical (unpaired) electrons. The highest BCUT2D eigenvalue weighted by Gasteiger charge is 2.15. The summed E-state index contributed by atoms with van der Waals surface area (Å²) in [5.41, 5.74) is 5.34. The minimum atomic E-state index is -0.289. The van der Waals surface area contributed by atoms with Crippen molar-refractivity contribution < 1.29 is 9.53 Å². The first-order chi connectivity index (χ1) is 13.0. The van der Waals surface area contributed by atoms with Crippen molar-refractivity contribution in [2.24, 2.45) is 0 Å². The SMILES string of the molecule is COc1ccc(C)cc1NC(=O)c1cc(C)n2nc(-c3ccsc3)cc2n1. The molecular weight excluding hydrogens is 360 g/mol. The number of thiophene rings is 1. The molecule has 0 saturated heterocycles. The quantitative estimate of drug-likeness (QED) is 0.574. The molecule has 7 heteroatoms. The van der Waals surface area contributed by atoms with Gasteiger partial charge in [-0.2, -0.15) is 16.4 Å². The van der Waals surface area contributed by atoms with Gasteiger partial charge in [-0.15, -0.1) is 0 Å². The summed E-state index contributed by atoms with van der Waals surface area (Å²) >= 11 is 1.62. The van der Waals surface area contributed by atoms with Crippen LogP contribution in [0.15, 0.2) is 47.2 Å². The van der Waals surface area contributed by atoms with Gasteiger partial charge >= 0.3 is 0 Å². The predicted octanol–water partition coefficient (Wildman–Crippen LogP) is 4.34. The molecule has 1 amide bonds. The van der Waals surface area contributed by atoms with Crippen LogP contribution in [0.3, 0.4) is 0 Å². The lowest BCUT2D eigenvalue weighted by Gasteiger charge is -2.11. The van der Waals surface area contributed by atoms with Gasteiger partial charge in [-0.1, -0.05) is 6.07 Å². The van der Waals surface area contributed by atoms with E-state index in [1.165, 1.54) is 0 Å². The fourth-order valence-electron chi connectivity index (χ4n) is 2.90. The van der Waals surface area contributed by atoms with Gasteiger partial charge in [0.2, 0.25) is 0 Å². The number of methoxy groups -OCH3 is 1. The molecule has 1 N–H and O–H groups in total. The lowest BCUT2D eigenvalue weighted by atomic mass is 10.2. The topological polar surface area (TPSA) is 68.5 Å². The van der Waals surface area contributed by atoms with E-state index >= 15 is 0 Å². The van der Waals surface area contributed by atoms with Gasteiger partial charge in [-0.3, -0.25) is 4.79 Å². The first-order valence-electron chi connectivity index (χ1n) is 8.41. The molecule has 0 aliphatic heterocycles. The highest BCUT2D eigenvalue weighted by Crippen LogP contribution is 2.26. The zero-order valence-electron chi connectivity index (χ0n) is 15.2. The van der Waals surface area contributed by atoms with Crippen LogP contribution in [0, 0.1) is 13.8 Å². The molecule has 6 nitrogen and oxygen atoms in total. The third kappa shape index (κ3) is 3.29. The summed E-state index contributed by atoms with van der Waals surface area (Å²) in [6.45, 7) is 3.87. The third-order valence-electron chi connectivity index (χ3n) is 4.26. The summed E-state index contributed by atoms with van der Waals surface area (Å²) in [7, 11) is 1.58. The van der Waals surface area contributed by atoms with Gasteiger partial charge < -0.3 is 10.1 Å². The standard InChI is InChI=1S/C20H18N4O2S/c1-12-4-5-18(26-3)16(8-12)22-20(25)17-9-13(2)24-19(21-17)10-15(23-24)14-6-7-27-11-14/h4-11H,1-3H3,(H,22,25). The molecule has 0 bridgehead atoms. The normalized spacial score (nSPS) is 10.9. The second-order valence-electron chi connectivity index (χ2n) is 6.25. The number of fused-ring (bicyclic) bond motifs is 1. The van der Waals surface area contributed by atoms with Crippen molar-refractivity contribution in [1.82, 2.24) is 14.6 Å². The second-order valence-corrected chi connectivity index (χ2v) is 7.03. The Morgan fingerprint density at radius 2 is 2.04 bits per heavy atom. The summed E-state index contributed by atoms with van der Waals surface area (Å²) in [6.07, 6.45) is 0. The summed E-state index contributed by atoms with van der Waals surface area (Å²) < 4.78 is 7.07. The minimum Gasteiger partial charge on any atom is -0.495 e. The number of amides is 1. The maximum absolute atomic E-state index is 12.8. The van der Waals surface area contributed by atoms with Crippen LogP contribution in [0.4, 0.5) is 5.69 Å². The number of rotatable bonds is 4. The van der Waals surface area contributed by atoms with Crippen LogP contribution in [-0.4, -0.2) is 27.6 Å². The average Bonchev–Trinajstić information content (AvgIpc) is 3.31. The number of nitrogens with one attached hydrogen (secondary N) is 1. The number of aryl methyl sites for hydroxylation is 2. The molecule has 0 unspecified atom stereocenters. The fraction of sp³-hybridized carbons (Fsp3) is 0.150. The number of ether oxygens (including phenoxy) is 1. The van der Waals surface area contributed by atoms with Gasteiger partial charge in [-0.25, -0.2) is 9.50 Å². The summed E-state index contributed by atoms with van der Waals surface area (Å²) in [4.78, 5) is 17.3. The van der Waals surface area contributed by atoms with Crippen molar-refractivity contribution in [3.05, 3.63) is 64.1 Å². The molecule has 3 heterocycles. The van der Waals surface area contributed by atoms with Crippen molar-refractivity contribution in [2.45, 2.75) is 13.8 Å². The monoisotopic (exact) mass is 378 g/mol. The number of hydrogen-bond acceptors (Lipinski definition) is 5. The van der Waals surface area contributed by atoms with Crippen molar-refractivity contribution >= 4 is 28.6 Å². The first-order valence-corrected chi connectivity index (χ1v) is 9.35. The van der Waals surface area contributed by atoms with E-state index in [-0.39, 0.29) is 5.91 Å². The van der Waals surface area contributed by atoms with Gasteiger partial charge in [0.05, 0.1) is 18.5 Å². The maximum atomic E-state index is 12.8. The van der Waals surface area contributed by atoms with Crippen LogP contribution >= 0.6 is 11.3 Å². The van der Waals surface area contributed by atoms with E-state index in [4.69, 9.17) is 4.74 Å². The van der Waals surface area contributed by atoms with E-state index in [1.54, 1.807) is 29.0 Å². The molecule has 3 aromatic heterocycles. The van der Waals surface area contributed by atoms with E-state index in [0.717, 1.165) is 22.5 Å². The fourth-order valence-corrected chi connectivity index (χ4v) is 3.55. The molecule has 0 saturated carbocycles. The number of anilines is 1. The number of nitrogens with zero attached hydrogens (tertiary/aromatic N) is 3. The Hall–Kier alpha value is -3.19. The van der Waals surface area contributed by atoms with Gasteiger partial charge in [-0.05, 0) is 49.1 Å². The van der Waals surface area contributed by atoms with Crippen LogP contribution in [0.25, 0.3) is 16.9 Å². The van der Waals surface area contributed by atoms with Crippen molar-refractivity contribution in [3.63, 3.8) is 0 Å². The van der Waals surface area contributed by atoms with Crippen LogP contribution in [0.5, 0.6) is 5.75 Å². The zero-order valence-corrected chi connectivity index (χ0v) is 16.0. The second kappa shape index (κ2) is 6.85. The van der Waals surface area contributed by atoms with E-state index in [2.05, 4.69) is 15.4 Å². The number of aromatic nitrogens is 3. The lowest BCUT2D eigenvalue weighted by Crippen LogP contribution is -2.16. The number of benzene rings is 1. The number of carbonyl (C=O) groups excluding carboxylic acids is 1. The van der Waals surface area contributed by atoms with E-state index in [9.17, 15) is 4.79 Å². The molecular formula is C20H18N4O2S.